The smallest absolute Gasteiger partial charge is 0.249 e. The Kier molecular flexibility index (Phi) is 4.90. The lowest BCUT2D eigenvalue weighted by atomic mass is 10.2. The van der Waals surface area contributed by atoms with E-state index in [1.54, 1.807) is 29.1 Å². The van der Waals surface area contributed by atoms with Crippen molar-refractivity contribution in [2.45, 2.75) is 19.9 Å². The highest BCUT2D eigenvalue weighted by molar-refractivity contribution is 9.10. The highest BCUT2D eigenvalue weighted by atomic mass is 79.9. The van der Waals surface area contributed by atoms with Gasteiger partial charge in [0.25, 0.3) is 0 Å². The summed E-state index contributed by atoms with van der Waals surface area (Å²) in [5.74, 6) is -0.111. The van der Waals surface area contributed by atoms with Crippen LogP contribution < -0.4 is 5.32 Å². The summed E-state index contributed by atoms with van der Waals surface area (Å²) in [7, 11) is 0. The van der Waals surface area contributed by atoms with Crippen molar-refractivity contribution in [1.82, 2.24) is 9.78 Å². The molecule has 6 heteroatoms. The number of carbonyl (C=O) groups is 1. The van der Waals surface area contributed by atoms with Gasteiger partial charge >= 0.3 is 0 Å². The number of nitrogens with zero attached hydrogens (tertiary/aromatic N) is 2. The van der Waals surface area contributed by atoms with Gasteiger partial charge in [-0.15, -0.1) is 0 Å². The maximum atomic E-state index is 13.5. The van der Waals surface area contributed by atoms with Crippen molar-refractivity contribution in [3.8, 4) is 0 Å². The third-order valence-corrected chi connectivity index (χ3v) is 3.28. The molecule has 2 aromatic rings. The van der Waals surface area contributed by atoms with Crippen LogP contribution in [0, 0.1) is 5.82 Å². The lowest BCUT2D eigenvalue weighted by Gasteiger charge is -2.10. The Hall–Kier alpha value is -1.95. The van der Waals surface area contributed by atoms with E-state index in [4.69, 9.17) is 0 Å². The molecule has 0 atom stereocenters. The lowest BCUT2D eigenvalue weighted by molar-refractivity contribution is -0.111. The molecule has 4 nitrogen and oxygen atoms in total. The summed E-state index contributed by atoms with van der Waals surface area (Å²) in [5.41, 5.74) is 0.344. The predicted molar refractivity (Wildman–Crippen MR) is 84.4 cm³/mol. The van der Waals surface area contributed by atoms with E-state index in [2.05, 4.69) is 26.3 Å². The molecule has 1 aromatic heterocycles. The average molecular weight is 352 g/mol. The summed E-state index contributed by atoms with van der Waals surface area (Å²) in [6, 6.07) is 6.41. The second-order valence-corrected chi connectivity index (χ2v) is 5.66. The van der Waals surface area contributed by atoms with Crippen LogP contribution in [0.15, 0.2) is 41.0 Å². The van der Waals surface area contributed by atoms with Crippen LogP contribution >= 0.6 is 15.9 Å². The number of benzene rings is 1. The minimum atomic E-state index is -0.380. The van der Waals surface area contributed by atoms with Gasteiger partial charge < -0.3 is 5.32 Å². The van der Waals surface area contributed by atoms with Gasteiger partial charge in [-0.1, -0.05) is 15.9 Å². The van der Waals surface area contributed by atoms with Gasteiger partial charge in [-0.05, 0) is 38.1 Å². The van der Waals surface area contributed by atoms with Gasteiger partial charge in [0.05, 0.1) is 6.20 Å². The number of carbonyl (C=O) groups excluding carboxylic acids is 1. The molecule has 1 aromatic carbocycles. The van der Waals surface area contributed by atoms with E-state index in [9.17, 15) is 9.18 Å². The largest absolute Gasteiger partial charge is 0.307 e. The Morgan fingerprint density at radius 2 is 2.19 bits per heavy atom. The molecule has 0 unspecified atom stereocenters. The van der Waals surface area contributed by atoms with E-state index in [0.717, 1.165) is 4.47 Å². The Bertz CT molecular complexity index is 679. The van der Waals surface area contributed by atoms with Crippen LogP contribution in [-0.2, 0) is 4.79 Å². The first-order valence-corrected chi connectivity index (χ1v) is 7.24. The first-order chi connectivity index (χ1) is 9.97. The van der Waals surface area contributed by atoms with Crippen molar-refractivity contribution in [2.75, 3.05) is 5.32 Å². The van der Waals surface area contributed by atoms with Crippen LogP contribution in [0.1, 0.15) is 25.5 Å². The standard InChI is InChI=1S/C15H15BrFN3O/c1-10(2)20-14(7-8-18-20)19-15(21)6-3-11-9-12(16)4-5-13(11)17/h3-10H,1-2H3,(H,19,21)/b6-3+. The number of hydrogen-bond acceptors (Lipinski definition) is 2. The summed E-state index contributed by atoms with van der Waals surface area (Å²) < 4.78 is 16.0. The Balaban J connectivity index is 2.09. The minimum Gasteiger partial charge on any atom is -0.307 e. The molecule has 0 saturated carbocycles. The van der Waals surface area contributed by atoms with Crippen molar-refractivity contribution < 1.29 is 9.18 Å². The van der Waals surface area contributed by atoms with E-state index in [0.29, 0.717) is 11.4 Å². The number of halogens is 2. The van der Waals surface area contributed by atoms with Gasteiger partial charge in [0.2, 0.25) is 5.91 Å². The van der Waals surface area contributed by atoms with E-state index in [-0.39, 0.29) is 17.8 Å². The molecular formula is C15H15BrFN3O. The summed E-state index contributed by atoms with van der Waals surface area (Å²) in [5, 5.41) is 6.84. The minimum absolute atomic E-state index is 0.141. The van der Waals surface area contributed by atoms with Gasteiger partial charge in [-0.3, -0.25) is 4.79 Å². The fourth-order valence-corrected chi connectivity index (χ4v) is 2.18. The molecule has 0 fully saturated rings. The molecule has 0 bridgehead atoms. The molecule has 1 amide bonds. The van der Waals surface area contributed by atoms with Crippen molar-refractivity contribution >= 4 is 33.7 Å². The zero-order valence-corrected chi connectivity index (χ0v) is 13.3. The SMILES string of the molecule is CC(C)n1nccc1NC(=O)/C=C/c1cc(Br)ccc1F. The summed E-state index contributed by atoms with van der Waals surface area (Å²) in [4.78, 5) is 11.9. The molecule has 0 radical (unpaired) electrons. The predicted octanol–water partition coefficient (Wildman–Crippen LogP) is 4.02. The Labute approximate surface area is 130 Å². The molecule has 1 heterocycles. The maximum absolute atomic E-state index is 13.5. The van der Waals surface area contributed by atoms with Gasteiger partial charge in [0.15, 0.2) is 0 Å². The number of hydrogen-bond donors (Lipinski definition) is 1. The molecule has 110 valence electrons. The van der Waals surface area contributed by atoms with E-state index >= 15 is 0 Å². The van der Waals surface area contributed by atoms with Crippen LogP contribution in [0.4, 0.5) is 10.2 Å². The quantitative estimate of drug-likeness (QED) is 0.845. The number of rotatable bonds is 4. The van der Waals surface area contributed by atoms with Crippen molar-refractivity contribution in [3.05, 3.63) is 52.4 Å². The number of amides is 1. The zero-order valence-electron chi connectivity index (χ0n) is 11.7. The maximum Gasteiger partial charge on any atom is 0.249 e. The molecular weight excluding hydrogens is 337 g/mol. The molecule has 1 N–H and O–H groups in total. The van der Waals surface area contributed by atoms with Crippen molar-refractivity contribution in [2.24, 2.45) is 0 Å². The van der Waals surface area contributed by atoms with E-state index in [1.807, 2.05) is 13.8 Å². The highest BCUT2D eigenvalue weighted by Crippen LogP contribution is 2.17. The van der Waals surface area contributed by atoms with Crippen LogP contribution in [0.25, 0.3) is 6.08 Å². The molecule has 0 saturated heterocycles. The topological polar surface area (TPSA) is 46.9 Å². The summed E-state index contributed by atoms with van der Waals surface area (Å²) in [6.07, 6.45) is 4.35. The average Bonchev–Trinajstić information content (AvgIpc) is 2.88. The van der Waals surface area contributed by atoms with Crippen molar-refractivity contribution in [3.63, 3.8) is 0 Å². The van der Waals surface area contributed by atoms with E-state index in [1.165, 1.54) is 18.2 Å². The van der Waals surface area contributed by atoms with Gasteiger partial charge in [-0.2, -0.15) is 5.10 Å². The summed E-state index contributed by atoms with van der Waals surface area (Å²) >= 11 is 3.26. The molecule has 0 aliphatic heterocycles. The second kappa shape index (κ2) is 6.67. The fourth-order valence-electron chi connectivity index (χ4n) is 1.80. The van der Waals surface area contributed by atoms with Gasteiger partial charge in [0.1, 0.15) is 11.6 Å². The number of anilines is 1. The van der Waals surface area contributed by atoms with Gasteiger partial charge in [-0.25, -0.2) is 9.07 Å². The van der Waals surface area contributed by atoms with E-state index < -0.39 is 0 Å². The normalized spacial score (nSPS) is 11.3. The Morgan fingerprint density at radius 1 is 1.43 bits per heavy atom. The van der Waals surface area contributed by atoms with Crippen LogP contribution in [0.3, 0.4) is 0 Å². The molecule has 2 rings (SSSR count). The number of aromatic nitrogens is 2. The monoisotopic (exact) mass is 351 g/mol. The van der Waals surface area contributed by atoms with Crippen LogP contribution in [0.5, 0.6) is 0 Å². The number of nitrogens with one attached hydrogen (secondary N) is 1. The van der Waals surface area contributed by atoms with Crippen molar-refractivity contribution in [1.29, 1.82) is 0 Å². The Morgan fingerprint density at radius 3 is 2.90 bits per heavy atom. The third-order valence-electron chi connectivity index (χ3n) is 2.78. The molecule has 21 heavy (non-hydrogen) atoms. The fraction of sp³-hybridized carbons (Fsp3) is 0.200. The highest BCUT2D eigenvalue weighted by Gasteiger charge is 2.07. The molecule has 0 aliphatic rings. The third kappa shape index (κ3) is 4.01. The van der Waals surface area contributed by atoms with Gasteiger partial charge in [0, 0.05) is 28.2 Å². The zero-order chi connectivity index (χ0) is 15.4. The lowest BCUT2D eigenvalue weighted by Crippen LogP contribution is -2.14. The second-order valence-electron chi connectivity index (χ2n) is 4.74. The van der Waals surface area contributed by atoms with Crippen LogP contribution in [-0.4, -0.2) is 15.7 Å². The first-order valence-electron chi connectivity index (χ1n) is 6.45. The molecule has 0 spiro atoms. The molecule has 0 aliphatic carbocycles. The first kappa shape index (κ1) is 15.4. The van der Waals surface area contributed by atoms with Crippen LogP contribution in [0.2, 0.25) is 0 Å². The summed E-state index contributed by atoms with van der Waals surface area (Å²) in [6.45, 7) is 3.94.